The summed E-state index contributed by atoms with van der Waals surface area (Å²) >= 11 is 5.43. The van der Waals surface area contributed by atoms with Gasteiger partial charge in [-0.3, -0.25) is 9.59 Å². The van der Waals surface area contributed by atoms with E-state index in [1.165, 1.54) is 6.92 Å². The maximum Gasteiger partial charge on any atom is 0.304 e. The molecular weight excluding hydrogens is 364 g/mol. The van der Waals surface area contributed by atoms with Crippen molar-refractivity contribution in [1.82, 2.24) is 9.88 Å². The highest BCUT2D eigenvalue weighted by Crippen LogP contribution is 2.43. The average molecular weight is 393 g/mol. The van der Waals surface area contributed by atoms with E-state index in [9.17, 15) is 9.59 Å². The molecular formula is C19H28N2O3SSi. The molecule has 1 aromatic carbocycles. The van der Waals surface area contributed by atoms with Crippen LogP contribution in [0, 0.1) is 0 Å². The van der Waals surface area contributed by atoms with E-state index in [1.807, 2.05) is 30.3 Å². The molecule has 1 fully saturated rings. The molecule has 5 nitrogen and oxygen atoms in total. The fourth-order valence-corrected chi connectivity index (χ4v) is 5.39. The minimum absolute atomic E-state index is 0.0433. The molecule has 2 rings (SSSR count). The standard InChI is InChI=1S/C19H28N2O3SSi/c1-13(22)24-18-16(17(23)21(18)26(5,6)19(2,3)4)20-15(25)12-14-10-8-7-9-11-14/h7-11,16,18H,12H2,1-6H3,(H,20,25)/t16-,18+/m1/s1. The zero-order chi connectivity index (χ0) is 19.7. The van der Waals surface area contributed by atoms with Crippen molar-refractivity contribution in [2.75, 3.05) is 0 Å². The van der Waals surface area contributed by atoms with Gasteiger partial charge in [0.1, 0.15) is 0 Å². The second-order valence-corrected chi connectivity index (χ2v) is 13.8. The van der Waals surface area contributed by atoms with E-state index in [1.54, 1.807) is 4.57 Å². The number of hydrogen-bond acceptors (Lipinski definition) is 4. The third-order valence-corrected chi connectivity index (χ3v) is 10.9. The van der Waals surface area contributed by atoms with Gasteiger partial charge in [0.15, 0.2) is 20.5 Å². The van der Waals surface area contributed by atoms with Gasteiger partial charge in [-0.15, -0.1) is 0 Å². The number of nitrogens with zero attached hydrogens (tertiary/aromatic N) is 1. The number of ether oxygens (including phenoxy) is 1. The summed E-state index contributed by atoms with van der Waals surface area (Å²) in [5, 5.41) is 3.06. The lowest BCUT2D eigenvalue weighted by molar-refractivity contribution is -0.178. The molecule has 1 saturated heterocycles. The molecule has 1 N–H and O–H groups in total. The van der Waals surface area contributed by atoms with Crippen molar-refractivity contribution in [3.05, 3.63) is 35.9 Å². The van der Waals surface area contributed by atoms with E-state index in [4.69, 9.17) is 17.0 Å². The van der Waals surface area contributed by atoms with Crippen molar-refractivity contribution in [3.63, 3.8) is 0 Å². The highest BCUT2D eigenvalue weighted by Gasteiger charge is 2.59. The first-order chi connectivity index (χ1) is 11.9. The first-order valence-corrected chi connectivity index (χ1v) is 12.1. The molecule has 0 aromatic heterocycles. The summed E-state index contributed by atoms with van der Waals surface area (Å²) in [5.41, 5.74) is 1.07. The quantitative estimate of drug-likeness (QED) is 0.361. The van der Waals surface area contributed by atoms with Crippen LogP contribution >= 0.6 is 12.2 Å². The smallest absolute Gasteiger partial charge is 0.304 e. The fraction of sp³-hybridized carbons (Fsp3) is 0.526. The maximum atomic E-state index is 12.9. The summed E-state index contributed by atoms with van der Waals surface area (Å²) in [4.78, 5) is 25.0. The van der Waals surface area contributed by atoms with Gasteiger partial charge in [-0.1, -0.05) is 76.4 Å². The molecule has 0 spiro atoms. The molecule has 0 saturated carbocycles. The molecule has 7 heteroatoms. The number of carbonyl (C=O) groups excluding carboxylic acids is 2. The Morgan fingerprint density at radius 3 is 2.35 bits per heavy atom. The summed E-state index contributed by atoms with van der Waals surface area (Å²) < 4.78 is 7.28. The number of amides is 1. The maximum absolute atomic E-state index is 12.9. The van der Waals surface area contributed by atoms with Crippen LogP contribution in [-0.4, -0.2) is 41.9 Å². The Hall–Kier alpha value is -1.73. The molecule has 1 aliphatic rings. The number of esters is 1. The van der Waals surface area contributed by atoms with E-state index in [2.05, 4.69) is 39.2 Å². The number of hydrogen-bond donors (Lipinski definition) is 1. The van der Waals surface area contributed by atoms with Crippen LogP contribution in [0.25, 0.3) is 0 Å². The Morgan fingerprint density at radius 1 is 1.27 bits per heavy atom. The lowest BCUT2D eigenvalue weighted by Gasteiger charge is -2.57. The largest absolute Gasteiger partial charge is 0.440 e. The van der Waals surface area contributed by atoms with Gasteiger partial charge in [-0.25, -0.2) is 0 Å². The molecule has 1 amide bonds. The Morgan fingerprint density at radius 2 is 1.85 bits per heavy atom. The lowest BCUT2D eigenvalue weighted by Crippen LogP contribution is -2.79. The normalized spacial score (nSPS) is 20.4. The Balaban J connectivity index is 2.14. The van der Waals surface area contributed by atoms with Gasteiger partial charge in [-0.2, -0.15) is 0 Å². The Bertz CT molecular complexity index is 700. The summed E-state index contributed by atoms with van der Waals surface area (Å²) in [7, 11) is -2.16. The van der Waals surface area contributed by atoms with Crippen molar-refractivity contribution >= 4 is 37.3 Å². The van der Waals surface area contributed by atoms with Gasteiger partial charge in [0, 0.05) is 13.3 Å². The average Bonchev–Trinajstić information content (AvgIpc) is 2.51. The van der Waals surface area contributed by atoms with Crippen LogP contribution in [0.15, 0.2) is 30.3 Å². The number of rotatable bonds is 5. The number of nitrogens with one attached hydrogen (secondary N) is 1. The van der Waals surface area contributed by atoms with Crippen molar-refractivity contribution in [2.45, 2.75) is 64.5 Å². The highest BCUT2D eigenvalue weighted by atomic mass is 32.1. The summed E-state index contributed by atoms with van der Waals surface area (Å²) in [5.74, 6) is -0.440. The van der Waals surface area contributed by atoms with Crippen molar-refractivity contribution in [3.8, 4) is 0 Å². The molecule has 0 unspecified atom stereocenters. The van der Waals surface area contributed by atoms with E-state index >= 15 is 0 Å². The van der Waals surface area contributed by atoms with Gasteiger partial charge in [0.05, 0.1) is 4.99 Å². The van der Waals surface area contributed by atoms with Crippen LogP contribution in [-0.2, 0) is 20.7 Å². The van der Waals surface area contributed by atoms with E-state index in [0.717, 1.165) is 5.56 Å². The predicted molar refractivity (Wildman–Crippen MR) is 109 cm³/mol. The summed E-state index contributed by atoms with van der Waals surface area (Å²) in [6, 6.07) is 9.22. The van der Waals surface area contributed by atoms with Gasteiger partial charge < -0.3 is 14.6 Å². The van der Waals surface area contributed by atoms with E-state index in [0.29, 0.717) is 11.4 Å². The Kier molecular flexibility index (Phi) is 5.92. The van der Waals surface area contributed by atoms with E-state index in [-0.39, 0.29) is 10.9 Å². The van der Waals surface area contributed by atoms with Crippen LogP contribution in [0.3, 0.4) is 0 Å². The number of thiocarbonyl (C=S) groups is 1. The highest BCUT2D eigenvalue weighted by molar-refractivity contribution is 7.80. The number of benzene rings is 1. The van der Waals surface area contributed by atoms with Gasteiger partial charge in [0.2, 0.25) is 5.91 Å². The van der Waals surface area contributed by atoms with Crippen LogP contribution in [0.5, 0.6) is 0 Å². The van der Waals surface area contributed by atoms with Crippen LogP contribution in [0.2, 0.25) is 18.1 Å². The van der Waals surface area contributed by atoms with Crippen molar-refractivity contribution < 1.29 is 14.3 Å². The minimum atomic E-state index is -2.16. The number of carbonyl (C=O) groups is 2. The SMILES string of the molecule is CC(=O)O[C@H]1[C@H](NC(=S)Cc2ccccc2)C(=O)N1[Si](C)(C)C(C)(C)C. The zero-order valence-corrected chi connectivity index (χ0v) is 18.1. The van der Waals surface area contributed by atoms with E-state index < -0.39 is 26.5 Å². The third kappa shape index (κ3) is 4.15. The van der Waals surface area contributed by atoms with Gasteiger partial charge in [-0.05, 0) is 10.6 Å². The molecule has 1 aliphatic heterocycles. The second kappa shape index (κ2) is 7.48. The molecule has 1 aromatic rings. The minimum Gasteiger partial charge on any atom is -0.440 e. The lowest BCUT2D eigenvalue weighted by atomic mass is 10.1. The topological polar surface area (TPSA) is 58.6 Å². The summed E-state index contributed by atoms with van der Waals surface area (Å²) in [6.45, 7) is 12.0. The molecule has 26 heavy (non-hydrogen) atoms. The van der Waals surface area contributed by atoms with Crippen molar-refractivity contribution in [2.24, 2.45) is 0 Å². The first-order valence-electron chi connectivity index (χ1n) is 8.79. The third-order valence-electron chi connectivity index (χ3n) is 5.29. The molecule has 2 atom stereocenters. The fourth-order valence-electron chi connectivity index (χ4n) is 2.85. The van der Waals surface area contributed by atoms with Gasteiger partial charge >= 0.3 is 5.97 Å². The van der Waals surface area contributed by atoms with Crippen LogP contribution in [0.4, 0.5) is 0 Å². The van der Waals surface area contributed by atoms with Gasteiger partial charge in [0.25, 0.3) is 0 Å². The monoisotopic (exact) mass is 392 g/mol. The molecule has 142 valence electrons. The predicted octanol–water partition coefficient (Wildman–Crippen LogP) is 3.25. The first kappa shape index (κ1) is 20.6. The molecule has 1 heterocycles. The molecule has 0 bridgehead atoms. The number of β-lactam (4-membered cyclic amide) rings is 1. The molecule has 0 radical (unpaired) electrons. The van der Waals surface area contributed by atoms with Crippen LogP contribution in [0.1, 0.15) is 33.3 Å². The Labute approximate surface area is 162 Å². The van der Waals surface area contributed by atoms with Crippen LogP contribution < -0.4 is 5.32 Å². The van der Waals surface area contributed by atoms with Crippen molar-refractivity contribution in [1.29, 1.82) is 0 Å². The summed E-state index contributed by atoms with van der Waals surface area (Å²) in [6.07, 6.45) is -0.0538. The molecule has 0 aliphatic carbocycles. The zero-order valence-electron chi connectivity index (χ0n) is 16.3. The second-order valence-electron chi connectivity index (χ2n) is 8.22.